The smallest absolute Gasteiger partial charge is 0.258 e. The van der Waals surface area contributed by atoms with Crippen molar-refractivity contribution in [1.29, 1.82) is 0 Å². The molecule has 2 heterocycles. The van der Waals surface area contributed by atoms with Crippen LogP contribution in [0.3, 0.4) is 0 Å². The van der Waals surface area contributed by atoms with Gasteiger partial charge in [0.15, 0.2) is 6.29 Å². The van der Waals surface area contributed by atoms with Crippen molar-refractivity contribution in [2.24, 2.45) is 0 Å². The third-order valence-corrected chi connectivity index (χ3v) is 3.67. The van der Waals surface area contributed by atoms with Crippen molar-refractivity contribution in [3.63, 3.8) is 0 Å². The van der Waals surface area contributed by atoms with Gasteiger partial charge >= 0.3 is 0 Å². The summed E-state index contributed by atoms with van der Waals surface area (Å²) in [7, 11) is 0. The molecule has 1 aliphatic rings. The molecule has 0 atom stereocenters. The number of ether oxygens (including phenoxy) is 2. The molecule has 21 heavy (non-hydrogen) atoms. The van der Waals surface area contributed by atoms with Gasteiger partial charge in [0.05, 0.1) is 18.8 Å². The van der Waals surface area contributed by atoms with Crippen LogP contribution >= 0.6 is 15.9 Å². The maximum absolute atomic E-state index is 12.2. The zero-order valence-corrected chi connectivity index (χ0v) is 12.7. The number of benzene rings is 1. The average Bonchev–Trinajstić information content (AvgIpc) is 3.02. The highest BCUT2D eigenvalue weighted by Crippen LogP contribution is 2.25. The van der Waals surface area contributed by atoms with Gasteiger partial charge in [-0.25, -0.2) is 4.98 Å². The molecule has 0 spiro atoms. The van der Waals surface area contributed by atoms with Crippen molar-refractivity contribution in [3.05, 3.63) is 58.3 Å². The standard InChI is InChI=1S/C15H13BrN2O3/c16-13-12(5-2-6-17-13)14(19)18-11-4-1-3-10(9-11)15-20-7-8-21-15/h1-6,9,15H,7-8H2,(H,18,19). The number of amides is 1. The first kappa shape index (κ1) is 14.2. The SMILES string of the molecule is O=C(Nc1cccc(C2OCCO2)c1)c1cccnc1Br. The molecule has 1 saturated heterocycles. The maximum atomic E-state index is 12.2. The van der Waals surface area contributed by atoms with Crippen LogP contribution in [0.1, 0.15) is 22.2 Å². The van der Waals surface area contributed by atoms with Crippen LogP contribution in [0, 0.1) is 0 Å². The molecular weight excluding hydrogens is 336 g/mol. The van der Waals surface area contributed by atoms with E-state index in [1.54, 1.807) is 18.3 Å². The van der Waals surface area contributed by atoms with Crippen LogP contribution < -0.4 is 5.32 Å². The Morgan fingerprint density at radius 3 is 2.81 bits per heavy atom. The van der Waals surface area contributed by atoms with Gasteiger partial charge in [-0.3, -0.25) is 4.79 Å². The first-order chi connectivity index (χ1) is 10.2. The van der Waals surface area contributed by atoms with E-state index in [0.717, 1.165) is 5.56 Å². The van der Waals surface area contributed by atoms with Gasteiger partial charge in [0.2, 0.25) is 0 Å². The van der Waals surface area contributed by atoms with Gasteiger partial charge in [-0.05, 0) is 40.2 Å². The van der Waals surface area contributed by atoms with Crippen molar-refractivity contribution in [1.82, 2.24) is 4.98 Å². The van der Waals surface area contributed by atoms with E-state index in [9.17, 15) is 4.79 Å². The summed E-state index contributed by atoms with van der Waals surface area (Å²) in [6.07, 6.45) is 1.27. The second-order valence-corrected chi connectivity index (χ2v) is 5.25. The van der Waals surface area contributed by atoms with Gasteiger partial charge < -0.3 is 14.8 Å². The van der Waals surface area contributed by atoms with E-state index in [0.29, 0.717) is 29.1 Å². The predicted molar refractivity (Wildman–Crippen MR) is 81.0 cm³/mol. The molecule has 0 bridgehead atoms. The Morgan fingerprint density at radius 2 is 2.05 bits per heavy atom. The minimum atomic E-state index is -0.355. The maximum Gasteiger partial charge on any atom is 0.258 e. The van der Waals surface area contributed by atoms with Crippen LogP contribution in [0.15, 0.2) is 47.2 Å². The van der Waals surface area contributed by atoms with E-state index >= 15 is 0 Å². The van der Waals surface area contributed by atoms with Crippen molar-refractivity contribution in [3.8, 4) is 0 Å². The van der Waals surface area contributed by atoms with E-state index in [2.05, 4.69) is 26.2 Å². The molecule has 5 nitrogen and oxygen atoms in total. The number of hydrogen-bond donors (Lipinski definition) is 1. The molecule has 0 aliphatic carbocycles. The lowest BCUT2D eigenvalue weighted by molar-refractivity contribution is -0.0440. The third kappa shape index (κ3) is 3.29. The molecule has 1 aromatic heterocycles. The number of anilines is 1. The molecule has 1 amide bonds. The third-order valence-electron chi connectivity index (χ3n) is 3.04. The van der Waals surface area contributed by atoms with Crippen LogP contribution in [-0.4, -0.2) is 24.1 Å². The fourth-order valence-corrected chi connectivity index (χ4v) is 2.50. The summed E-state index contributed by atoms with van der Waals surface area (Å²) in [6, 6.07) is 10.9. The molecule has 108 valence electrons. The molecule has 3 rings (SSSR count). The Bertz CT molecular complexity index is 657. The average molecular weight is 349 g/mol. The van der Waals surface area contributed by atoms with Crippen LogP contribution in [0.2, 0.25) is 0 Å². The molecule has 0 radical (unpaired) electrons. The Balaban J connectivity index is 1.77. The summed E-state index contributed by atoms with van der Waals surface area (Å²) < 4.78 is 11.4. The lowest BCUT2D eigenvalue weighted by Crippen LogP contribution is -2.13. The summed E-state index contributed by atoms with van der Waals surface area (Å²) in [6.45, 7) is 1.17. The molecule has 1 fully saturated rings. The van der Waals surface area contributed by atoms with Crippen LogP contribution in [0.4, 0.5) is 5.69 Å². The molecule has 1 N–H and O–H groups in total. The summed E-state index contributed by atoms with van der Waals surface area (Å²) in [5.74, 6) is -0.222. The van der Waals surface area contributed by atoms with Gasteiger partial charge in [0, 0.05) is 17.4 Å². The first-order valence-corrected chi connectivity index (χ1v) is 7.28. The van der Waals surface area contributed by atoms with E-state index in [4.69, 9.17) is 9.47 Å². The Kier molecular flexibility index (Phi) is 4.28. The number of carbonyl (C=O) groups is 1. The number of rotatable bonds is 3. The molecule has 1 aromatic carbocycles. The molecule has 0 unspecified atom stereocenters. The molecule has 2 aromatic rings. The van der Waals surface area contributed by atoms with E-state index in [-0.39, 0.29) is 12.2 Å². The van der Waals surface area contributed by atoms with Gasteiger partial charge in [-0.15, -0.1) is 0 Å². The summed E-state index contributed by atoms with van der Waals surface area (Å²) in [5.41, 5.74) is 2.05. The van der Waals surface area contributed by atoms with Crippen molar-refractivity contribution in [2.45, 2.75) is 6.29 Å². The van der Waals surface area contributed by atoms with Crippen LogP contribution in [0.25, 0.3) is 0 Å². The zero-order valence-electron chi connectivity index (χ0n) is 11.1. The van der Waals surface area contributed by atoms with Gasteiger partial charge in [-0.1, -0.05) is 12.1 Å². The highest BCUT2D eigenvalue weighted by molar-refractivity contribution is 9.10. The Hall–Kier alpha value is -1.76. The van der Waals surface area contributed by atoms with Gasteiger partial charge in [-0.2, -0.15) is 0 Å². The molecular formula is C15H13BrN2O3. The number of pyridine rings is 1. The monoisotopic (exact) mass is 348 g/mol. The molecule has 0 saturated carbocycles. The van der Waals surface area contributed by atoms with Gasteiger partial charge in [0.25, 0.3) is 5.91 Å². The van der Waals surface area contributed by atoms with Crippen molar-refractivity contribution in [2.75, 3.05) is 18.5 Å². The van der Waals surface area contributed by atoms with Crippen molar-refractivity contribution >= 4 is 27.5 Å². The first-order valence-electron chi connectivity index (χ1n) is 6.49. The van der Waals surface area contributed by atoms with E-state index < -0.39 is 0 Å². The minimum absolute atomic E-state index is 0.222. The Morgan fingerprint density at radius 1 is 1.24 bits per heavy atom. The zero-order chi connectivity index (χ0) is 14.7. The fraction of sp³-hybridized carbons (Fsp3) is 0.200. The van der Waals surface area contributed by atoms with E-state index in [1.807, 2.05) is 24.3 Å². The predicted octanol–water partition coefficient (Wildman–Crippen LogP) is 3.14. The second-order valence-electron chi connectivity index (χ2n) is 4.49. The topological polar surface area (TPSA) is 60.5 Å². The summed E-state index contributed by atoms with van der Waals surface area (Å²) in [4.78, 5) is 16.3. The highest BCUT2D eigenvalue weighted by Gasteiger charge is 2.19. The number of aromatic nitrogens is 1. The number of halogens is 1. The number of hydrogen-bond acceptors (Lipinski definition) is 4. The van der Waals surface area contributed by atoms with Crippen LogP contribution in [-0.2, 0) is 9.47 Å². The Labute approximate surface area is 130 Å². The molecule has 1 aliphatic heterocycles. The summed E-state index contributed by atoms with van der Waals surface area (Å²) in [5, 5.41) is 2.84. The number of carbonyl (C=O) groups excluding carboxylic acids is 1. The number of nitrogens with zero attached hydrogens (tertiary/aromatic N) is 1. The second kappa shape index (κ2) is 6.34. The summed E-state index contributed by atoms with van der Waals surface area (Å²) >= 11 is 3.27. The van der Waals surface area contributed by atoms with Gasteiger partial charge in [0.1, 0.15) is 4.60 Å². The fourth-order valence-electron chi connectivity index (χ4n) is 2.07. The van der Waals surface area contributed by atoms with E-state index in [1.165, 1.54) is 0 Å². The van der Waals surface area contributed by atoms with Crippen LogP contribution in [0.5, 0.6) is 0 Å². The largest absolute Gasteiger partial charge is 0.346 e. The normalized spacial score (nSPS) is 15.1. The van der Waals surface area contributed by atoms with Crippen molar-refractivity contribution < 1.29 is 14.3 Å². The number of nitrogens with one attached hydrogen (secondary N) is 1. The quantitative estimate of drug-likeness (QED) is 0.865. The lowest BCUT2D eigenvalue weighted by atomic mass is 10.2. The highest BCUT2D eigenvalue weighted by atomic mass is 79.9. The minimum Gasteiger partial charge on any atom is -0.346 e. The molecule has 6 heteroatoms. The lowest BCUT2D eigenvalue weighted by Gasteiger charge is -2.12.